The van der Waals surface area contributed by atoms with Gasteiger partial charge < -0.3 is 5.32 Å². The van der Waals surface area contributed by atoms with E-state index in [1.54, 1.807) is 0 Å². The second-order valence-corrected chi connectivity index (χ2v) is 5.73. The molecule has 0 aliphatic carbocycles. The Hall–Kier alpha value is -3.16. The van der Waals surface area contributed by atoms with Crippen molar-refractivity contribution in [2.24, 2.45) is 0 Å². The Labute approximate surface area is 147 Å². The Bertz CT molecular complexity index is 934. The first-order valence-corrected chi connectivity index (χ1v) is 7.76. The van der Waals surface area contributed by atoms with E-state index in [1.807, 2.05) is 31.2 Å². The minimum absolute atomic E-state index is 0.0538. The molecule has 0 saturated carbocycles. The van der Waals surface area contributed by atoms with Gasteiger partial charge in [0.2, 0.25) is 5.82 Å². The van der Waals surface area contributed by atoms with Crippen molar-refractivity contribution in [2.75, 3.05) is 0 Å². The molecule has 1 N–H and O–H groups in total. The molecule has 5 nitrogen and oxygen atoms in total. The molecule has 8 heteroatoms. The highest BCUT2D eigenvalue weighted by atomic mass is 19.4. The first-order valence-electron chi connectivity index (χ1n) is 7.76. The van der Waals surface area contributed by atoms with Gasteiger partial charge in [-0.2, -0.15) is 13.2 Å². The number of aromatic nitrogens is 3. The zero-order valence-electron chi connectivity index (χ0n) is 13.8. The molecule has 0 atom stereocenters. The summed E-state index contributed by atoms with van der Waals surface area (Å²) in [5, 5.41) is 6.63. The molecule has 0 spiro atoms. The molecule has 0 bridgehead atoms. The number of carbonyl (C=O) groups is 1. The second-order valence-electron chi connectivity index (χ2n) is 5.73. The smallest absolute Gasteiger partial charge is 0.345 e. The zero-order valence-corrected chi connectivity index (χ0v) is 13.8. The summed E-state index contributed by atoms with van der Waals surface area (Å²) in [6.07, 6.45) is -3.01. The average Bonchev–Trinajstić information content (AvgIpc) is 3.09. The lowest BCUT2D eigenvalue weighted by Crippen LogP contribution is -2.24. The number of benzene rings is 2. The molecule has 3 rings (SSSR count). The summed E-state index contributed by atoms with van der Waals surface area (Å²) in [6, 6.07) is 12.3. The molecule has 0 unspecified atom stereocenters. The van der Waals surface area contributed by atoms with Crippen LogP contribution in [0.4, 0.5) is 13.2 Å². The normalized spacial score (nSPS) is 11.4. The summed E-state index contributed by atoms with van der Waals surface area (Å²) in [5.74, 6) is -0.618. The zero-order chi connectivity index (χ0) is 18.7. The van der Waals surface area contributed by atoms with Gasteiger partial charge in [0.15, 0.2) is 0 Å². The van der Waals surface area contributed by atoms with E-state index in [0.29, 0.717) is 5.56 Å². The number of alkyl halides is 3. The van der Waals surface area contributed by atoms with Crippen molar-refractivity contribution in [1.82, 2.24) is 20.1 Å². The van der Waals surface area contributed by atoms with Crippen LogP contribution in [0.3, 0.4) is 0 Å². The van der Waals surface area contributed by atoms with Crippen molar-refractivity contribution in [3.63, 3.8) is 0 Å². The molecule has 0 aliphatic heterocycles. The minimum atomic E-state index is -4.42. The van der Waals surface area contributed by atoms with Crippen LogP contribution in [-0.2, 0) is 12.7 Å². The van der Waals surface area contributed by atoms with Crippen molar-refractivity contribution >= 4 is 5.91 Å². The van der Waals surface area contributed by atoms with Gasteiger partial charge in [0.25, 0.3) is 5.91 Å². The standard InChI is InChI=1S/C18H15F3N4O/c1-12-4-2-7-15(8-12)25-11-23-16(24-25)17(26)22-10-13-5-3-6-14(9-13)18(19,20)21/h2-9,11H,10H2,1H3,(H,22,26). The van der Waals surface area contributed by atoms with E-state index in [2.05, 4.69) is 15.4 Å². The molecule has 0 aliphatic rings. The Morgan fingerprint density at radius 2 is 1.92 bits per heavy atom. The largest absolute Gasteiger partial charge is 0.416 e. The monoisotopic (exact) mass is 360 g/mol. The molecule has 0 fully saturated rings. The van der Waals surface area contributed by atoms with Crippen LogP contribution in [0, 0.1) is 6.92 Å². The van der Waals surface area contributed by atoms with E-state index in [4.69, 9.17) is 0 Å². The van der Waals surface area contributed by atoms with Crippen molar-refractivity contribution in [3.05, 3.63) is 77.4 Å². The van der Waals surface area contributed by atoms with Crippen LogP contribution < -0.4 is 5.32 Å². The van der Waals surface area contributed by atoms with E-state index < -0.39 is 17.6 Å². The quantitative estimate of drug-likeness (QED) is 0.774. The molecule has 3 aromatic rings. The molecule has 1 amide bonds. The molecule has 26 heavy (non-hydrogen) atoms. The number of aryl methyl sites for hydroxylation is 1. The average molecular weight is 360 g/mol. The maximum absolute atomic E-state index is 12.7. The highest BCUT2D eigenvalue weighted by molar-refractivity contribution is 5.90. The maximum atomic E-state index is 12.7. The van der Waals surface area contributed by atoms with Crippen molar-refractivity contribution < 1.29 is 18.0 Å². The van der Waals surface area contributed by atoms with Gasteiger partial charge in [-0.1, -0.05) is 24.3 Å². The van der Waals surface area contributed by atoms with Gasteiger partial charge in [0.1, 0.15) is 6.33 Å². The van der Waals surface area contributed by atoms with Gasteiger partial charge in [-0.3, -0.25) is 4.79 Å². The Morgan fingerprint density at radius 1 is 1.15 bits per heavy atom. The summed E-state index contributed by atoms with van der Waals surface area (Å²) < 4.78 is 39.6. The third-order valence-electron chi connectivity index (χ3n) is 3.67. The molecule has 2 aromatic carbocycles. The van der Waals surface area contributed by atoms with Gasteiger partial charge >= 0.3 is 6.18 Å². The molecular formula is C18H15F3N4O. The highest BCUT2D eigenvalue weighted by Crippen LogP contribution is 2.29. The second kappa shape index (κ2) is 6.99. The SMILES string of the molecule is Cc1cccc(-n2cnc(C(=O)NCc3cccc(C(F)(F)F)c3)n2)c1. The fraction of sp³-hybridized carbons (Fsp3) is 0.167. The number of nitrogens with zero attached hydrogens (tertiary/aromatic N) is 3. The van der Waals surface area contributed by atoms with Crippen LogP contribution in [0.2, 0.25) is 0 Å². The predicted molar refractivity (Wildman–Crippen MR) is 88.7 cm³/mol. The third kappa shape index (κ3) is 4.08. The van der Waals surface area contributed by atoms with Crippen molar-refractivity contribution in [2.45, 2.75) is 19.6 Å². The molecule has 1 heterocycles. The Morgan fingerprint density at radius 3 is 2.65 bits per heavy atom. The van der Waals surface area contributed by atoms with E-state index >= 15 is 0 Å². The van der Waals surface area contributed by atoms with Gasteiger partial charge in [-0.05, 0) is 42.3 Å². The third-order valence-corrected chi connectivity index (χ3v) is 3.67. The molecular weight excluding hydrogens is 345 g/mol. The van der Waals surface area contributed by atoms with E-state index in [0.717, 1.165) is 23.4 Å². The Balaban J connectivity index is 1.68. The van der Waals surface area contributed by atoms with E-state index in [-0.39, 0.29) is 12.4 Å². The number of rotatable bonds is 4. The fourth-order valence-corrected chi connectivity index (χ4v) is 2.38. The molecule has 0 saturated heterocycles. The summed E-state index contributed by atoms with van der Waals surface area (Å²) in [6.45, 7) is 1.88. The number of nitrogens with one attached hydrogen (secondary N) is 1. The number of halogens is 3. The van der Waals surface area contributed by atoms with Crippen LogP contribution in [0.15, 0.2) is 54.9 Å². The highest BCUT2D eigenvalue weighted by Gasteiger charge is 2.30. The van der Waals surface area contributed by atoms with Gasteiger partial charge in [-0.15, -0.1) is 5.10 Å². The topological polar surface area (TPSA) is 59.8 Å². The number of hydrogen-bond acceptors (Lipinski definition) is 3. The lowest BCUT2D eigenvalue weighted by molar-refractivity contribution is -0.137. The number of carbonyl (C=O) groups excluding carboxylic acids is 1. The van der Waals surface area contributed by atoms with Crippen LogP contribution in [0.1, 0.15) is 27.3 Å². The van der Waals surface area contributed by atoms with Crippen LogP contribution >= 0.6 is 0 Å². The summed E-state index contributed by atoms with van der Waals surface area (Å²) in [5.41, 5.74) is 1.38. The van der Waals surface area contributed by atoms with E-state index in [1.165, 1.54) is 23.1 Å². The van der Waals surface area contributed by atoms with Crippen LogP contribution in [0.5, 0.6) is 0 Å². The van der Waals surface area contributed by atoms with Crippen molar-refractivity contribution in [1.29, 1.82) is 0 Å². The molecule has 134 valence electrons. The minimum Gasteiger partial charge on any atom is -0.345 e. The molecule has 0 radical (unpaired) electrons. The fourth-order valence-electron chi connectivity index (χ4n) is 2.38. The summed E-state index contributed by atoms with van der Waals surface area (Å²) >= 11 is 0. The van der Waals surface area contributed by atoms with Crippen LogP contribution in [-0.4, -0.2) is 20.7 Å². The lowest BCUT2D eigenvalue weighted by Gasteiger charge is -2.09. The lowest BCUT2D eigenvalue weighted by atomic mass is 10.1. The van der Waals surface area contributed by atoms with Gasteiger partial charge in [-0.25, -0.2) is 9.67 Å². The number of hydrogen-bond donors (Lipinski definition) is 1. The summed E-state index contributed by atoms with van der Waals surface area (Å²) in [4.78, 5) is 16.1. The molecule has 1 aromatic heterocycles. The van der Waals surface area contributed by atoms with Gasteiger partial charge in [0.05, 0.1) is 11.3 Å². The Kier molecular flexibility index (Phi) is 4.75. The van der Waals surface area contributed by atoms with Crippen LogP contribution in [0.25, 0.3) is 5.69 Å². The van der Waals surface area contributed by atoms with Gasteiger partial charge in [0, 0.05) is 6.54 Å². The van der Waals surface area contributed by atoms with E-state index in [9.17, 15) is 18.0 Å². The van der Waals surface area contributed by atoms with Crippen molar-refractivity contribution in [3.8, 4) is 5.69 Å². The first kappa shape index (κ1) is 17.7. The number of amides is 1. The maximum Gasteiger partial charge on any atom is 0.416 e. The predicted octanol–water partition coefficient (Wildman–Crippen LogP) is 3.52. The summed E-state index contributed by atoms with van der Waals surface area (Å²) in [7, 11) is 0. The first-order chi connectivity index (χ1) is 12.3.